The topological polar surface area (TPSA) is 38.0 Å². The number of hydrazine groups is 1. The van der Waals surface area contributed by atoms with Crippen molar-refractivity contribution in [1.29, 1.82) is 0 Å². The molecule has 0 fully saturated rings. The lowest BCUT2D eigenvalue weighted by atomic mass is 9.88. The molecule has 17 heavy (non-hydrogen) atoms. The van der Waals surface area contributed by atoms with Crippen LogP contribution in [0.15, 0.2) is 17.5 Å². The molecule has 1 atom stereocenters. The van der Waals surface area contributed by atoms with E-state index in [0.717, 1.165) is 6.42 Å². The summed E-state index contributed by atoms with van der Waals surface area (Å²) in [6.07, 6.45) is 2.27. The third-order valence-corrected chi connectivity index (χ3v) is 5.09. The van der Waals surface area contributed by atoms with Gasteiger partial charge in [-0.2, -0.15) is 0 Å². The standard InChI is InChI=1S/C13H20N2S2/c1-13(2,3)6-4-9(15-14)11-8-12-10(17-11)5-7-16-12/h5,7-9,15H,4,6,14H2,1-3H3. The summed E-state index contributed by atoms with van der Waals surface area (Å²) in [5.74, 6) is 5.68. The molecule has 2 aromatic rings. The van der Waals surface area contributed by atoms with E-state index in [-0.39, 0.29) is 0 Å². The summed E-state index contributed by atoms with van der Waals surface area (Å²) in [5.41, 5.74) is 3.32. The van der Waals surface area contributed by atoms with Crippen LogP contribution in [-0.4, -0.2) is 0 Å². The van der Waals surface area contributed by atoms with E-state index in [1.165, 1.54) is 20.7 Å². The Morgan fingerprint density at radius 2 is 2.12 bits per heavy atom. The maximum Gasteiger partial charge on any atom is 0.0554 e. The minimum absolute atomic E-state index is 0.291. The molecule has 0 spiro atoms. The minimum Gasteiger partial charge on any atom is -0.271 e. The van der Waals surface area contributed by atoms with Gasteiger partial charge in [0.05, 0.1) is 6.04 Å². The lowest BCUT2D eigenvalue weighted by molar-refractivity contribution is 0.335. The first-order chi connectivity index (χ1) is 7.99. The van der Waals surface area contributed by atoms with Gasteiger partial charge in [-0.1, -0.05) is 20.8 Å². The Morgan fingerprint density at radius 1 is 1.35 bits per heavy atom. The molecule has 2 nitrogen and oxygen atoms in total. The van der Waals surface area contributed by atoms with E-state index in [1.807, 2.05) is 11.3 Å². The predicted molar refractivity (Wildman–Crippen MR) is 78.5 cm³/mol. The van der Waals surface area contributed by atoms with E-state index in [2.05, 4.69) is 43.7 Å². The molecule has 2 aromatic heterocycles. The summed E-state index contributed by atoms with van der Waals surface area (Å²) in [7, 11) is 0. The number of hydrogen-bond donors (Lipinski definition) is 2. The van der Waals surface area contributed by atoms with Crippen molar-refractivity contribution >= 4 is 32.1 Å². The van der Waals surface area contributed by atoms with Crippen molar-refractivity contribution in [2.75, 3.05) is 0 Å². The number of fused-ring (bicyclic) bond motifs is 1. The molecule has 0 bridgehead atoms. The van der Waals surface area contributed by atoms with Gasteiger partial charge in [0, 0.05) is 14.3 Å². The fourth-order valence-electron chi connectivity index (χ4n) is 1.84. The average molecular weight is 268 g/mol. The molecule has 0 aromatic carbocycles. The molecule has 0 radical (unpaired) electrons. The molecule has 1 unspecified atom stereocenters. The van der Waals surface area contributed by atoms with Crippen LogP contribution in [0.2, 0.25) is 0 Å². The van der Waals surface area contributed by atoms with Gasteiger partial charge in [0.15, 0.2) is 0 Å². The zero-order valence-corrected chi connectivity index (χ0v) is 12.3. The van der Waals surface area contributed by atoms with Gasteiger partial charge in [-0.3, -0.25) is 11.3 Å². The van der Waals surface area contributed by atoms with Crippen molar-refractivity contribution in [2.24, 2.45) is 11.3 Å². The number of nitrogens with one attached hydrogen (secondary N) is 1. The van der Waals surface area contributed by atoms with Gasteiger partial charge >= 0.3 is 0 Å². The predicted octanol–water partition coefficient (Wildman–Crippen LogP) is 4.29. The smallest absolute Gasteiger partial charge is 0.0554 e. The van der Waals surface area contributed by atoms with Gasteiger partial charge in [0.1, 0.15) is 0 Å². The van der Waals surface area contributed by atoms with Crippen molar-refractivity contribution in [1.82, 2.24) is 5.43 Å². The van der Waals surface area contributed by atoms with E-state index < -0.39 is 0 Å². The first-order valence-electron chi connectivity index (χ1n) is 5.93. The number of thiophene rings is 2. The summed E-state index contributed by atoms with van der Waals surface area (Å²) in [6.45, 7) is 6.81. The number of rotatable bonds is 4. The Hall–Kier alpha value is -0.420. The largest absolute Gasteiger partial charge is 0.271 e. The monoisotopic (exact) mass is 268 g/mol. The summed E-state index contributed by atoms with van der Waals surface area (Å²) < 4.78 is 2.75. The average Bonchev–Trinajstić information content (AvgIpc) is 2.76. The van der Waals surface area contributed by atoms with Crippen molar-refractivity contribution in [2.45, 2.75) is 39.7 Å². The van der Waals surface area contributed by atoms with Gasteiger partial charge in [-0.15, -0.1) is 22.7 Å². The zero-order chi connectivity index (χ0) is 12.5. The summed E-state index contributed by atoms with van der Waals surface area (Å²) in [6, 6.07) is 4.75. The lowest BCUT2D eigenvalue weighted by Crippen LogP contribution is -2.28. The number of nitrogens with two attached hydrogens (primary N) is 1. The minimum atomic E-state index is 0.291. The Labute approximate surface area is 111 Å². The summed E-state index contributed by atoms with van der Waals surface area (Å²) in [5, 5.41) is 2.14. The first-order valence-corrected chi connectivity index (χ1v) is 7.62. The Bertz CT molecular complexity index is 450. The van der Waals surface area contributed by atoms with Crippen LogP contribution in [0.5, 0.6) is 0 Å². The van der Waals surface area contributed by atoms with Crippen LogP contribution in [0.25, 0.3) is 9.40 Å². The molecule has 94 valence electrons. The lowest BCUT2D eigenvalue weighted by Gasteiger charge is -2.22. The normalized spacial score (nSPS) is 14.4. The van der Waals surface area contributed by atoms with E-state index in [0.29, 0.717) is 11.5 Å². The fourth-order valence-corrected chi connectivity index (χ4v) is 4.06. The van der Waals surface area contributed by atoms with E-state index in [1.54, 1.807) is 11.3 Å². The second-order valence-electron chi connectivity index (χ2n) is 5.62. The van der Waals surface area contributed by atoms with E-state index in [9.17, 15) is 0 Å². The Morgan fingerprint density at radius 3 is 2.71 bits per heavy atom. The SMILES string of the molecule is CC(C)(C)CCC(NN)c1cc2sccc2s1. The van der Waals surface area contributed by atoms with Crippen molar-refractivity contribution in [3.63, 3.8) is 0 Å². The first kappa shape index (κ1) is 13.0. The molecular formula is C13H20N2S2. The van der Waals surface area contributed by atoms with Gasteiger partial charge in [-0.05, 0) is 35.8 Å². The van der Waals surface area contributed by atoms with Crippen LogP contribution in [0, 0.1) is 5.41 Å². The molecule has 0 aliphatic heterocycles. The molecule has 0 saturated heterocycles. The zero-order valence-electron chi connectivity index (χ0n) is 10.6. The highest BCUT2D eigenvalue weighted by Crippen LogP contribution is 2.36. The maximum absolute atomic E-state index is 5.68. The van der Waals surface area contributed by atoms with Gasteiger partial charge in [-0.25, -0.2) is 0 Å². The second kappa shape index (κ2) is 5.06. The molecule has 4 heteroatoms. The summed E-state index contributed by atoms with van der Waals surface area (Å²) in [4.78, 5) is 1.36. The highest BCUT2D eigenvalue weighted by molar-refractivity contribution is 7.26. The van der Waals surface area contributed by atoms with Crippen LogP contribution in [-0.2, 0) is 0 Å². The third-order valence-electron chi connectivity index (χ3n) is 2.89. The molecule has 0 saturated carbocycles. The van der Waals surface area contributed by atoms with Crippen LogP contribution < -0.4 is 11.3 Å². The van der Waals surface area contributed by atoms with E-state index >= 15 is 0 Å². The Kier molecular flexibility index (Phi) is 3.88. The van der Waals surface area contributed by atoms with Crippen LogP contribution in [0.3, 0.4) is 0 Å². The van der Waals surface area contributed by atoms with Crippen molar-refractivity contribution in [3.05, 3.63) is 22.4 Å². The highest BCUT2D eigenvalue weighted by atomic mass is 32.1. The highest BCUT2D eigenvalue weighted by Gasteiger charge is 2.17. The van der Waals surface area contributed by atoms with Gasteiger partial charge < -0.3 is 0 Å². The molecule has 0 amide bonds. The fraction of sp³-hybridized carbons (Fsp3) is 0.538. The summed E-state index contributed by atoms with van der Waals surface area (Å²) >= 11 is 3.66. The molecule has 0 aliphatic rings. The number of hydrogen-bond acceptors (Lipinski definition) is 4. The van der Waals surface area contributed by atoms with Gasteiger partial charge in [0.2, 0.25) is 0 Å². The molecule has 2 rings (SSSR count). The maximum atomic E-state index is 5.68. The van der Waals surface area contributed by atoms with Crippen molar-refractivity contribution in [3.8, 4) is 0 Å². The third kappa shape index (κ3) is 3.28. The second-order valence-corrected chi connectivity index (χ2v) is 7.68. The van der Waals surface area contributed by atoms with Crippen molar-refractivity contribution < 1.29 is 0 Å². The van der Waals surface area contributed by atoms with E-state index in [4.69, 9.17) is 5.84 Å². The molecule has 3 N–H and O–H groups in total. The van der Waals surface area contributed by atoms with Crippen LogP contribution in [0.1, 0.15) is 44.5 Å². The van der Waals surface area contributed by atoms with Gasteiger partial charge in [0.25, 0.3) is 0 Å². The van der Waals surface area contributed by atoms with Crippen LogP contribution >= 0.6 is 22.7 Å². The molecule has 2 heterocycles. The van der Waals surface area contributed by atoms with Crippen LogP contribution in [0.4, 0.5) is 0 Å². The molecular weight excluding hydrogens is 248 g/mol. The quantitative estimate of drug-likeness (QED) is 0.641. The Balaban J connectivity index is 2.10. The molecule has 0 aliphatic carbocycles.